The van der Waals surface area contributed by atoms with E-state index in [-0.39, 0.29) is 16.3 Å². The molecular weight excluding hydrogens is 321 g/mol. The van der Waals surface area contributed by atoms with Gasteiger partial charge in [0.25, 0.3) is 0 Å². The number of hydrogen-bond donors (Lipinski definition) is 2. The van der Waals surface area contributed by atoms with E-state index in [1.165, 1.54) is 28.8 Å². The van der Waals surface area contributed by atoms with Crippen LogP contribution < -0.4 is 10.6 Å². The lowest BCUT2D eigenvalue weighted by Crippen LogP contribution is -2.30. The van der Waals surface area contributed by atoms with E-state index in [1.54, 1.807) is 0 Å². The van der Waals surface area contributed by atoms with Crippen molar-refractivity contribution >= 4 is 34.9 Å². The number of halogens is 2. The van der Waals surface area contributed by atoms with Crippen LogP contribution in [0.1, 0.15) is 16.7 Å². The highest BCUT2D eigenvalue weighted by Gasteiger charge is 2.05. The molecule has 0 saturated carbocycles. The first-order valence-corrected chi connectivity index (χ1v) is 7.64. The maximum absolute atomic E-state index is 11.8. The standard InChI is InChI=1S/C16H17Cl2N3O/c1-10-3-4-12(11(2)7-10)5-6-19-16(22)20-13-8-14(17)21-15(18)9-13/h3-4,7-9H,5-6H2,1-2H3,(H2,19,20,21,22). The van der Waals surface area contributed by atoms with E-state index in [1.807, 2.05) is 0 Å². The Hall–Kier alpha value is -1.78. The molecule has 0 spiro atoms. The van der Waals surface area contributed by atoms with E-state index in [9.17, 15) is 4.79 Å². The fraction of sp³-hybridized carbons (Fsp3) is 0.250. The third-order valence-electron chi connectivity index (χ3n) is 3.20. The van der Waals surface area contributed by atoms with Crippen molar-refractivity contribution < 1.29 is 4.79 Å². The quantitative estimate of drug-likeness (QED) is 0.814. The lowest BCUT2D eigenvalue weighted by molar-refractivity contribution is 0.252. The first-order chi connectivity index (χ1) is 10.4. The Labute approximate surface area is 139 Å². The predicted molar refractivity (Wildman–Crippen MR) is 90.9 cm³/mol. The average molecular weight is 338 g/mol. The van der Waals surface area contributed by atoms with E-state index in [0.717, 1.165) is 6.42 Å². The maximum Gasteiger partial charge on any atom is 0.319 e. The van der Waals surface area contributed by atoms with Gasteiger partial charge in [0.2, 0.25) is 0 Å². The van der Waals surface area contributed by atoms with Crippen molar-refractivity contribution in [3.8, 4) is 0 Å². The van der Waals surface area contributed by atoms with Crippen LogP contribution in [0.15, 0.2) is 30.3 Å². The Bertz CT molecular complexity index is 669. The number of carbonyl (C=O) groups is 1. The number of nitrogens with one attached hydrogen (secondary N) is 2. The van der Waals surface area contributed by atoms with Crippen molar-refractivity contribution in [3.63, 3.8) is 0 Å². The average Bonchev–Trinajstić information content (AvgIpc) is 2.40. The molecule has 1 aromatic carbocycles. The molecule has 1 heterocycles. The summed E-state index contributed by atoms with van der Waals surface area (Å²) in [6.45, 7) is 4.68. The third kappa shape index (κ3) is 4.90. The fourth-order valence-corrected chi connectivity index (χ4v) is 2.61. The molecule has 2 N–H and O–H groups in total. The summed E-state index contributed by atoms with van der Waals surface area (Å²) in [6, 6.07) is 9.07. The van der Waals surface area contributed by atoms with Crippen molar-refractivity contribution in [2.75, 3.05) is 11.9 Å². The van der Waals surface area contributed by atoms with Crippen molar-refractivity contribution in [2.24, 2.45) is 0 Å². The van der Waals surface area contributed by atoms with E-state index < -0.39 is 0 Å². The summed E-state index contributed by atoms with van der Waals surface area (Å²) in [4.78, 5) is 15.7. The number of benzene rings is 1. The number of hydrogen-bond acceptors (Lipinski definition) is 2. The zero-order valence-corrected chi connectivity index (χ0v) is 13.9. The predicted octanol–water partition coefficient (Wildman–Crippen LogP) is 4.37. The summed E-state index contributed by atoms with van der Waals surface area (Å²) in [7, 11) is 0. The van der Waals surface area contributed by atoms with Gasteiger partial charge in [-0.15, -0.1) is 0 Å². The molecule has 0 atom stereocenters. The Morgan fingerprint density at radius 3 is 2.45 bits per heavy atom. The summed E-state index contributed by atoms with van der Waals surface area (Å²) in [5.41, 5.74) is 4.20. The molecule has 0 aliphatic carbocycles. The van der Waals surface area contributed by atoms with Gasteiger partial charge >= 0.3 is 6.03 Å². The van der Waals surface area contributed by atoms with E-state index in [4.69, 9.17) is 23.2 Å². The van der Waals surface area contributed by atoms with Crippen LogP contribution in [0.4, 0.5) is 10.5 Å². The minimum Gasteiger partial charge on any atom is -0.338 e. The largest absolute Gasteiger partial charge is 0.338 e. The summed E-state index contributed by atoms with van der Waals surface area (Å²) in [5, 5.41) is 5.95. The molecule has 4 nitrogen and oxygen atoms in total. The van der Waals surface area contributed by atoms with Crippen LogP contribution in [0.5, 0.6) is 0 Å². The Morgan fingerprint density at radius 1 is 1.14 bits per heavy atom. The summed E-state index contributed by atoms with van der Waals surface area (Å²) in [5.74, 6) is 0. The third-order valence-corrected chi connectivity index (χ3v) is 3.59. The molecule has 0 radical (unpaired) electrons. The number of amides is 2. The minimum atomic E-state index is -0.303. The van der Waals surface area contributed by atoms with Gasteiger partial charge in [-0.25, -0.2) is 9.78 Å². The summed E-state index contributed by atoms with van der Waals surface area (Å²) >= 11 is 11.6. The van der Waals surface area contributed by atoms with Gasteiger partial charge in [0.15, 0.2) is 0 Å². The second-order valence-electron chi connectivity index (χ2n) is 5.06. The lowest BCUT2D eigenvalue weighted by Gasteiger charge is -2.10. The summed E-state index contributed by atoms with van der Waals surface area (Å²) in [6.07, 6.45) is 0.775. The van der Waals surface area contributed by atoms with E-state index in [2.05, 4.69) is 47.7 Å². The number of aryl methyl sites for hydroxylation is 2. The van der Waals surface area contributed by atoms with Crippen LogP contribution in [-0.4, -0.2) is 17.6 Å². The molecule has 2 aromatic rings. The van der Waals surface area contributed by atoms with Crippen molar-refractivity contribution in [2.45, 2.75) is 20.3 Å². The van der Waals surface area contributed by atoms with E-state index >= 15 is 0 Å². The first kappa shape index (κ1) is 16.6. The van der Waals surface area contributed by atoms with Crippen LogP contribution in [0.3, 0.4) is 0 Å². The maximum atomic E-state index is 11.8. The highest BCUT2D eigenvalue weighted by molar-refractivity contribution is 6.32. The highest BCUT2D eigenvalue weighted by atomic mass is 35.5. The van der Waals surface area contributed by atoms with Gasteiger partial charge in [0.1, 0.15) is 10.3 Å². The first-order valence-electron chi connectivity index (χ1n) is 6.88. The minimum absolute atomic E-state index is 0.234. The fourth-order valence-electron chi connectivity index (χ4n) is 2.15. The van der Waals surface area contributed by atoms with Crippen molar-refractivity contribution in [1.29, 1.82) is 0 Å². The molecular formula is C16H17Cl2N3O. The molecule has 0 aliphatic heterocycles. The molecule has 1 aromatic heterocycles. The smallest absolute Gasteiger partial charge is 0.319 e. The number of pyridine rings is 1. The molecule has 22 heavy (non-hydrogen) atoms. The van der Waals surface area contributed by atoms with Crippen LogP contribution in [0, 0.1) is 13.8 Å². The van der Waals surface area contributed by atoms with Crippen molar-refractivity contribution in [3.05, 3.63) is 57.3 Å². The topological polar surface area (TPSA) is 54.0 Å². The van der Waals surface area contributed by atoms with Gasteiger partial charge in [-0.05, 0) is 43.5 Å². The molecule has 2 rings (SSSR count). The molecule has 2 amide bonds. The number of rotatable bonds is 4. The second kappa shape index (κ2) is 7.47. The second-order valence-corrected chi connectivity index (χ2v) is 5.84. The Balaban J connectivity index is 1.85. The molecule has 0 saturated heterocycles. The molecule has 116 valence electrons. The van der Waals surface area contributed by atoms with E-state index in [0.29, 0.717) is 12.2 Å². The lowest BCUT2D eigenvalue weighted by atomic mass is 10.0. The van der Waals surface area contributed by atoms with Gasteiger partial charge in [0, 0.05) is 12.2 Å². The molecule has 0 aliphatic rings. The number of carbonyl (C=O) groups excluding carboxylic acids is 1. The molecule has 0 fully saturated rings. The monoisotopic (exact) mass is 337 g/mol. The molecule has 0 bridgehead atoms. The summed E-state index contributed by atoms with van der Waals surface area (Å²) < 4.78 is 0. The van der Waals surface area contributed by atoms with Crippen LogP contribution in [-0.2, 0) is 6.42 Å². The molecule has 0 unspecified atom stereocenters. The van der Waals surface area contributed by atoms with Crippen LogP contribution in [0.2, 0.25) is 10.3 Å². The van der Waals surface area contributed by atoms with Gasteiger partial charge in [-0.2, -0.15) is 0 Å². The number of nitrogens with zero attached hydrogens (tertiary/aromatic N) is 1. The SMILES string of the molecule is Cc1ccc(CCNC(=O)Nc2cc(Cl)nc(Cl)c2)c(C)c1. The number of aromatic nitrogens is 1. The Morgan fingerprint density at radius 2 is 1.82 bits per heavy atom. The molecule has 6 heteroatoms. The highest BCUT2D eigenvalue weighted by Crippen LogP contribution is 2.18. The zero-order chi connectivity index (χ0) is 16.1. The normalized spacial score (nSPS) is 10.4. The van der Waals surface area contributed by atoms with Gasteiger partial charge in [-0.3, -0.25) is 0 Å². The van der Waals surface area contributed by atoms with Gasteiger partial charge in [-0.1, -0.05) is 47.0 Å². The Kier molecular flexibility index (Phi) is 5.63. The zero-order valence-electron chi connectivity index (χ0n) is 12.4. The van der Waals surface area contributed by atoms with Gasteiger partial charge < -0.3 is 10.6 Å². The van der Waals surface area contributed by atoms with Gasteiger partial charge in [0.05, 0.1) is 0 Å². The van der Waals surface area contributed by atoms with Crippen LogP contribution >= 0.6 is 23.2 Å². The number of urea groups is 1. The number of anilines is 1. The van der Waals surface area contributed by atoms with Crippen LogP contribution in [0.25, 0.3) is 0 Å². The van der Waals surface area contributed by atoms with Crippen molar-refractivity contribution in [1.82, 2.24) is 10.3 Å².